The fourth-order valence-corrected chi connectivity index (χ4v) is 2.58. The molecule has 1 aromatic heterocycles. The van der Waals surface area contributed by atoms with Crippen LogP contribution in [0.1, 0.15) is 35.8 Å². The van der Waals surface area contributed by atoms with Gasteiger partial charge >= 0.3 is 5.97 Å². The summed E-state index contributed by atoms with van der Waals surface area (Å²) in [6.07, 6.45) is 4.09. The highest BCUT2D eigenvalue weighted by Crippen LogP contribution is 2.31. The van der Waals surface area contributed by atoms with E-state index >= 15 is 0 Å². The topological polar surface area (TPSA) is 64.3 Å². The second-order valence-electron chi connectivity index (χ2n) is 4.72. The van der Waals surface area contributed by atoms with E-state index in [2.05, 4.69) is 5.10 Å². The highest BCUT2D eigenvalue weighted by Gasteiger charge is 2.22. The molecule has 2 aromatic rings. The number of carbonyl (C=O) groups is 1. The Labute approximate surface area is 118 Å². The first-order valence-electron chi connectivity index (χ1n) is 6.29. The van der Waals surface area contributed by atoms with Crippen LogP contribution in [0.3, 0.4) is 0 Å². The van der Waals surface area contributed by atoms with Gasteiger partial charge < -0.3 is 9.84 Å². The van der Waals surface area contributed by atoms with Gasteiger partial charge in [-0.3, -0.25) is 0 Å². The first-order chi connectivity index (χ1) is 9.58. The SMILES string of the molecule is O=C(O)c1cc(F)c(Cl)c2nn(C3CCCCO3)cc12. The van der Waals surface area contributed by atoms with Crippen molar-refractivity contribution < 1.29 is 19.0 Å². The fourth-order valence-electron chi connectivity index (χ4n) is 2.39. The summed E-state index contributed by atoms with van der Waals surface area (Å²) in [5.41, 5.74) is 0.00204. The number of nitrogens with zero attached hydrogens (tertiary/aromatic N) is 2. The Bertz CT molecular complexity index is 680. The van der Waals surface area contributed by atoms with Crippen LogP contribution in [-0.4, -0.2) is 27.5 Å². The second kappa shape index (κ2) is 5.03. The lowest BCUT2D eigenvalue weighted by Gasteiger charge is -2.22. The zero-order valence-corrected chi connectivity index (χ0v) is 11.2. The summed E-state index contributed by atoms with van der Waals surface area (Å²) in [5, 5.41) is 13.5. The third-order valence-electron chi connectivity index (χ3n) is 3.39. The lowest BCUT2D eigenvalue weighted by Crippen LogP contribution is -2.18. The number of carboxylic acids is 1. The summed E-state index contributed by atoms with van der Waals surface area (Å²) in [7, 11) is 0. The quantitative estimate of drug-likeness (QED) is 0.924. The van der Waals surface area contributed by atoms with Gasteiger partial charge in [0.15, 0.2) is 0 Å². The van der Waals surface area contributed by atoms with Gasteiger partial charge in [-0.1, -0.05) is 11.6 Å². The predicted octanol–water partition coefficient (Wildman–Crippen LogP) is 3.23. The molecule has 1 atom stereocenters. The number of aromatic carboxylic acids is 1. The first-order valence-corrected chi connectivity index (χ1v) is 6.67. The molecule has 0 radical (unpaired) electrons. The van der Waals surface area contributed by atoms with E-state index in [1.165, 1.54) is 4.68 Å². The fraction of sp³-hybridized carbons (Fsp3) is 0.385. The van der Waals surface area contributed by atoms with Crippen LogP contribution < -0.4 is 0 Å². The first kappa shape index (κ1) is 13.3. The molecule has 1 aliphatic heterocycles. The van der Waals surface area contributed by atoms with Crippen LogP contribution >= 0.6 is 11.6 Å². The molecule has 3 rings (SSSR count). The van der Waals surface area contributed by atoms with Crippen molar-refractivity contribution in [1.29, 1.82) is 0 Å². The number of hydrogen-bond acceptors (Lipinski definition) is 3. The summed E-state index contributed by atoms with van der Waals surface area (Å²) in [4.78, 5) is 11.2. The van der Waals surface area contributed by atoms with Gasteiger partial charge in [0.1, 0.15) is 22.6 Å². The number of halogens is 2. The number of ether oxygens (including phenoxy) is 1. The molecule has 1 N–H and O–H groups in total. The Morgan fingerprint density at radius 3 is 3.00 bits per heavy atom. The van der Waals surface area contributed by atoms with E-state index in [1.54, 1.807) is 6.20 Å². The molecule has 0 saturated carbocycles. The molecule has 1 aliphatic rings. The Morgan fingerprint density at radius 2 is 2.35 bits per heavy atom. The maximum Gasteiger partial charge on any atom is 0.336 e. The van der Waals surface area contributed by atoms with Crippen LogP contribution in [0.5, 0.6) is 0 Å². The summed E-state index contributed by atoms with van der Waals surface area (Å²) in [6, 6.07) is 0.917. The van der Waals surface area contributed by atoms with Gasteiger partial charge in [0.25, 0.3) is 0 Å². The third-order valence-corrected chi connectivity index (χ3v) is 3.75. The van der Waals surface area contributed by atoms with E-state index in [-0.39, 0.29) is 22.3 Å². The molecule has 0 amide bonds. The standard InChI is InChI=1S/C13H12ClFN2O3/c14-11-9(15)5-7(13(18)19)8-6-17(16-12(8)11)10-3-1-2-4-20-10/h5-6,10H,1-4H2,(H,18,19). The van der Waals surface area contributed by atoms with E-state index < -0.39 is 11.8 Å². The highest BCUT2D eigenvalue weighted by molar-refractivity contribution is 6.35. The average molecular weight is 299 g/mol. The van der Waals surface area contributed by atoms with Crippen molar-refractivity contribution in [2.45, 2.75) is 25.5 Å². The van der Waals surface area contributed by atoms with Crippen molar-refractivity contribution in [3.05, 3.63) is 28.7 Å². The van der Waals surface area contributed by atoms with Crippen LogP contribution in [0.4, 0.5) is 4.39 Å². The smallest absolute Gasteiger partial charge is 0.336 e. The highest BCUT2D eigenvalue weighted by atomic mass is 35.5. The van der Waals surface area contributed by atoms with Crippen molar-refractivity contribution in [1.82, 2.24) is 9.78 Å². The molecular weight excluding hydrogens is 287 g/mol. The molecule has 0 aliphatic carbocycles. The molecule has 1 saturated heterocycles. The maximum absolute atomic E-state index is 13.6. The Balaban J connectivity index is 2.15. The number of hydrogen-bond donors (Lipinski definition) is 1. The largest absolute Gasteiger partial charge is 0.478 e. The van der Waals surface area contributed by atoms with Crippen LogP contribution in [-0.2, 0) is 4.74 Å². The summed E-state index contributed by atoms with van der Waals surface area (Å²) < 4.78 is 20.8. The van der Waals surface area contributed by atoms with Crippen LogP contribution in [0, 0.1) is 5.82 Å². The normalized spacial score (nSPS) is 19.4. The van der Waals surface area contributed by atoms with Gasteiger partial charge in [0, 0.05) is 18.2 Å². The van der Waals surface area contributed by atoms with Crippen molar-refractivity contribution >= 4 is 28.5 Å². The Hall–Kier alpha value is -1.66. The monoisotopic (exact) mass is 298 g/mol. The van der Waals surface area contributed by atoms with Gasteiger partial charge in [-0.05, 0) is 25.3 Å². The Morgan fingerprint density at radius 1 is 1.55 bits per heavy atom. The zero-order valence-electron chi connectivity index (χ0n) is 10.5. The number of benzene rings is 1. The molecule has 0 spiro atoms. The van der Waals surface area contributed by atoms with Crippen molar-refractivity contribution in [3.8, 4) is 0 Å². The van der Waals surface area contributed by atoms with Gasteiger partial charge in [0.2, 0.25) is 0 Å². The molecule has 106 valence electrons. The zero-order chi connectivity index (χ0) is 14.3. The van der Waals surface area contributed by atoms with Crippen LogP contribution in [0.2, 0.25) is 5.02 Å². The number of carboxylic acid groups (broad SMARTS) is 1. The van der Waals surface area contributed by atoms with Crippen molar-refractivity contribution in [3.63, 3.8) is 0 Å². The number of rotatable bonds is 2. The van der Waals surface area contributed by atoms with Gasteiger partial charge in [0.05, 0.1) is 5.56 Å². The minimum atomic E-state index is -1.21. The molecule has 0 bridgehead atoms. The summed E-state index contributed by atoms with van der Waals surface area (Å²) in [5.74, 6) is -2.00. The second-order valence-corrected chi connectivity index (χ2v) is 5.10. The molecule has 1 aromatic carbocycles. The molecule has 2 heterocycles. The number of fused-ring (bicyclic) bond motifs is 1. The van der Waals surface area contributed by atoms with Crippen LogP contribution in [0.25, 0.3) is 10.9 Å². The molecule has 5 nitrogen and oxygen atoms in total. The third kappa shape index (κ3) is 2.14. The van der Waals surface area contributed by atoms with E-state index in [0.29, 0.717) is 12.0 Å². The number of aromatic nitrogens is 2. The molecule has 7 heteroatoms. The van der Waals surface area contributed by atoms with Gasteiger partial charge in [-0.2, -0.15) is 5.10 Å². The predicted molar refractivity (Wildman–Crippen MR) is 70.5 cm³/mol. The minimum Gasteiger partial charge on any atom is -0.478 e. The molecule has 1 fully saturated rings. The lowest BCUT2D eigenvalue weighted by atomic mass is 10.1. The van der Waals surface area contributed by atoms with E-state index in [4.69, 9.17) is 21.4 Å². The summed E-state index contributed by atoms with van der Waals surface area (Å²) >= 11 is 5.87. The molecular formula is C13H12ClFN2O3. The Kier molecular flexibility index (Phi) is 3.35. The van der Waals surface area contributed by atoms with E-state index in [9.17, 15) is 9.18 Å². The average Bonchev–Trinajstić information content (AvgIpc) is 2.89. The molecule has 1 unspecified atom stereocenters. The van der Waals surface area contributed by atoms with E-state index in [0.717, 1.165) is 25.3 Å². The van der Waals surface area contributed by atoms with Crippen LogP contribution in [0.15, 0.2) is 12.3 Å². The van der Waals surface area contributed by atoms with Gasteiger partial charge in [-0.25, -0.2) is 13.9 Å². The van der Waals surface area contributed by atoms with Crippen molar-refractivity contribution in [2.75, 3.05) is 6.61 Å². The minimum absolute atomic E-state index is 0.149. The maximum atomic E-state index is 13.6. The summed E-state index contributed by atoms with van der Waals surface area (Å²) in [6.45, 7) is 0.634. The van der Waals surface area contributed by atoms with Crippen molar-refractivity contribution in [2.24, 2.45) is 0 Å². The lowest BCUT2D eigenvalue weighted by molar-refractivity contribution is -0.0390. The van der Waals surface area contributed by atoms with E-state index in [1.807, 2.05) is 0 Å². The molecule has 20 heavy (non-hydrogen) atoms. The van der Waals surface area contributed by atoms with Gasteiger partial charge in [-0.15, -0.1) is 0 Å².